The topological polar surface area (TPSA) is 44.8 Å². The molecule has 23 heavy (non-hydrogen) atoms. The fourth-order valence-electron chi connectivity index (χ4n) is 1.85. The van der Waals surface area contributed by atoms with E-state index in [1.54, 1.807) is 30.3 Å². The van der Waals surface area contributed by atoms with Crippen LogP contribution in [0.4, 0.5) is 0 Å². The van der Waals surface area contributed by atoms with Gasteiger partial charge in [0.15, 0.2) is 18.1 Å². The Bertz CT molecular complexity index is 717. The number of esters is 1. The Morgan fingerprint density at radius 1 is 1.17 bits per heavy atom. The molecule has 0 aliphatic carbocycles. The van der Waals surface area contributed by atoms with Gasteiger partial charge >= 0.3 is 5.97 Å². The number of halogens is 1. The van der Waals surface area contributed by atoms with Crippen molar-refractivity contribution in [3.8, 4) is 23.8 Å². The molecule has 2 rings (SSSR count). The van der Waals surface area contributed by atoms with Gasteiger partial charge in [-0.2, -0.15) is 0 Å². The number of hydrogen-bond donors (Lipinski definition) is 0. The predicted molar refractivity (Wildman–Crippen MR) is 87.9 cm³/mol. The number of benzene rings is 2. The van der Waals surface area contributed by atoms with Crippen LogP contribution in [-0.2, 0) is 11.3 Å². The van der Waals surface area contributed by atoms with Crippen molar-refractivity contribution in [2.45, 2.75) is 6.61 Å². The Kier molecular flexibility index (Phi) is 5.90. The van der Waals surface area contributed by atoms with Gasteiger partial charge in [0.2, 0.25) is 0 Å². The Labute approximate surface area is 139 Å². The molecule has 0 saturated heterocycles. The van der Waals surface area contributed by atoms with E-state index in [9.17, 15) is 4.79 Å². The summed E-state index contributed by atoms with van der Waals surface area (Å²) in [5.41, 5.74) is 1.31. The van der Waals surface area contributed by atoms with Gasteiger partial charge in [0.1, 0.15) is 6.61 Å². The van der Waals surface area contributed by atoms with Crippen molar-refractivity contribution in [1.82, 2.24) is 0 Å². The quantitative estimate of drug-likeness (QED) is 0.598. The number of carbonyl (C=O) groups excluding carboxylic acids is 1. The smallest absolute Gasteiger partial charge is 0.339 e. The maximum Gasteiger partial charge on any atom is 0.339 e. The highest BCUT2D eigenvalue weighted by atomic mass is 35.5. The van der Waals surface area contributed by atoms with Crippen LogP contribution in [0.15, 0.2) is 42.5 Å². The molecule has 0 saturated carbocycles. The van der Waals surface area contributed by atoms with E-state index < -0.39 is 5.97 Å². The van der Waals surface area contributed by atoms with Crippen molar-refractivity contribution < 1.29 is 19.0 Å². The van der Waals surface area contributed by atoms with Crippen molar-refractivity contribution in [2.24, 2.45) is 0 Å². The third kappa shape index (κ3) is 4.67. The number of methoxy groups -OCH3 is 1. The molecule has 0 bridgehead atoms. The lowest BCUT2D eigenvalue weighted by molar-refractivity contribution is 0.0556. The second kappa shape index (κ2) is 8.11. The van der Waals surface area contributed by atoms with Gasteiger partial charge in [-0.1, -0.05) is 29.7 Å². The molecule has 4 nitrogen and oxygen atoms in total. The van der Waals surface area contributed by atoms with Crippen molar-refractivity contribution in [3.05, 3.63) is 58.6 Å². The Hall–Kier alpha value is -2.64. The van der Waals surface area contributed by atoms with Crippen LogP contribution in [0.25, 0.3) is 0 Å². The van der Waals surface area contributed by atoms with Crippen LogP contribution < -0.4 is 9.47 Å². The average Bonchev–Trinajstić information content (AvgIpc) is 2.59. The van der Waals surface area contributed by atoms with Crippen molar-refractivity contribution in [3.63, 3.8) is 0 Å². The first-order valence-corrected chi connectivity index (χ1v) is 7.17. The first-order valence-electron chi connectivity index (χ1n) is 6.80. The lowest BCUT2D eigenvalue weighted by Gasteiger charge is -2.12. The summed E-state index contributed by atoms with van der Waals surface area (Å²) in [5, 5.41) is 0.668. The summed E-state index contributed by atoms with van der Waals surface area (Å²) >= 11 is 5.84. The maximum atomic E-state index is 11.8. The van der Waals surface area contributed by atoms with Gasteiger partial charge in [-0.05, 0) is 35.9 Å². The molecule has 0 aliphatic heterocycles. The lowest BCUT2D eigenvalue weighted by atomic mass is 10.2. The van der Waals surface area contributed by atoms with Crippen LogP contribution in [0.1, 0.15) is 15.9 Å². The molecule has 0 aromatic heterocycles. The van der Waals surface area contributed by atoms with Crippen LogP contribution in [0.3, 0.4) is 0 Å². The fraction of sp³-hybridized carbons (Fsp3) is 0.167. The summed E-state index contributed by atoms with van der Waals surface area (Å²) in [6.45, 7) is 0.282. The van der Waals surface area contributed by atoms with E-state index in [0.29, 0.717) is 28.7 Å². The van der Waals surface area contributed by atoms with Crippen LogP contribution in [0, 0.1) is 12.3 Å². The van der Waals surface area contributed by atoms with Gasteiger partial charge in [-0.25, -0.2) is 4.79 Å². The van der Waals surface area contributed by atoms with E-state index in [2.05, 4.69) is 5.92 Å². The normalized spacial score (nSPS) is 9.78. The molecular formula is C18H15ClO4. The first kappa shape index (κ1) is 16.7. The minimum Gasteiger partial charge on any atom is -0.493 e. The van der Waals surface area contributed by atoms with E-state index in [-0.39, 0.29) is 6.61 Å². The molecule has 0 spiro atoms. The standard InChI is InChI=1S/C18H15ClO4/c1-3-10-22-18(20)14-6-9-16(17(11-14)21-2)23-12-13-4-7-15(19)8-5-13/h1,4-9,11H,10,12H2,2H3. The molecule has 5 heteroatoms. The molecular weight excluding hydrogens is 316 g/mol. The second-order valence-electron chi connectivity index (χ2n) is 4.56. The van der Waals surface area contributed by atoms with Crippen LogP contribution in [0.5, 0.6) is 11.5 Å². The molecule has 0 aliphatic rings. The monoisotopic (exact) mass is 330 g/mol. The van der Waals surface area contributed by atoms with Crippen LogP contribution >= 0.6 is 11.6 Å². The number of ether oxygens (including phenoxy) is 3. The Balaban J connectivity index is 2.08. The molecule has 0 N–H and O–H groups in total. The van der Waals surface area contributed by atoms with Crippen LogP contribution in [0.2, 0.25) is 5.02 Å². The minimum atomic E-state index is -0.509. The average molecular weight is 331 g/mol. The van der Waals surface area contributed by atoms with Gasteiger partial charge in [0.05, 0.1) is 12.7 Å². The van der Waals surface area contributed by atoms with E-state index in [1.165, 1.54) is 7.11 Å². The van der Waals surface area contributed by atoms with Gasteiger partial charge in [0.25, 0.3) is 0 Å². The Morgan fingerprint density at radius 2 is 1.91 bits per heavy atom. The summed E-state index contributed by atoms with van der Waals surface area (Å²) in [6.07, 6.45) is 5.06. The highest BCUT2D eigenvalue weighted by Gasteiger charge is 2.12. The third-order valence-corrected chi connectivity index (χ3v) is 3.25. The van der Waals surface area contributed by atoms with E-state index >= 15 is 0 Å². The number of carbonyl (C=O) groups is 1. The first-order chi connectivity index (χ1) is 11.1. The zero-order valence-corrected chi connectivity index (χ0v) is 13.3. The van der Waals surface area contributed by atoms with Crippen molar-refractivity contribution in [1.29, 1.82) is 0 Å². The van der Waals surface area contributed by atoms with Gasteiger partial charge in [0, 0.05) is 5.02 Å². The maximum absolute atomic E-state index is 11.8. The van der Waals surface area contributed by atoms with Gasteiger partial charge in [-0.3, -0.25) is 0 Å². The molecule has 118 valence electrons. The minimum absolute atomic E-state index is 0.0734. The summed E-state index contributed by atoms with van der Waals surface area (Å²) in [5.74, 6) is 2.70. The molecule has 0 fully saturated rings. The number of terminal acetylenes is 1. The molecule has 2 aromatic rings. The SMILES string of the molecule is C#CCOC(=O)c1ccc(OCc2ccc(Cl)cc2)c(OC)c1. The highest BCUT2D eigenvalue weighted by molar-refractivity contribution is 6.30. The van der Waals surface area contributed by atoms with Crippen molar-refractivity contribution >= 4 is 17.6 Å². The van der Waals surface area contributed by atoms with Crippen molar-refractivity contribution in [2.75, 3.05) is 13.7 Å². The summed E-state index contributed by atoms with van der Waals surface area (Å²) < 4.78 is 15.8. The molecule has 2 aromatic carbocycles. The molecule has 0 unspecified atom stereocenters. The summed E-state index contributed by atoms with van der Waals surface area (Å²) in [4.78, 5) is 11.8. The van der Waals surface area contributed by atoms with E-state index in [0.717, 1.165) is 5.56 Å². The molecule has 0 amide bonds. The largest absolute Gasteiger partial charge is 0.493 e. The second-order valence-corrected chi connectivity index (χ2v) is 5.00. The van der Waals surface area contributed by atoms with Gasteiger partial charge < -0.3 is 14.2 Å². The zero-order valence-electron chi connectivity index (χ0n) is 12.5. The molecule has 0 atom stereocenters. The Morgan fingerprint density at radius 3 is 2.57 bits per heavy atom. The molecule has 0 radical (unpaired) electrons. The van der Waals surface area contributed by atoms with Crippen LogP contribution in [-0.4, -0.2) is 19.7 Å². The summed E-state index contributed by atoms with van der Waals surface area (Å²) in [7, 11) is 1.50. The van der Waals surface area contributed by atoms with Gasteiger partial charge in [-0.15, -0.1) is 6.42 Å². The molecule has 0 heterocycles. The lowest BCUT2D eigenvalue weighted by Crippen LogP contribution is -2.06. The number of hydrogen-bond acceptors (Lipinski definition) is 4. The van der Waals surface area contributed by atoms with E-state index in [1.807, 2.05) is 12.1 Å². The highest BCUT2D eigenvalue weighted by Crippen LogP contribution is 2.29. The zero-order chi connectivity index (χ0) is 16.7. The third-order valence-electron chi connectivity index (χ3n) is 2.99. The summed E-state index contributed by atoms with van der Waals surface area (Å²) in [6, 6.07) is 12.1. The number of rotatable bonds is 6. The van der Waals surface area contributed by atoms with E-state index in [4.69, 9.17) is 32.2 Å². The predicted octanol–water partition coefficient (Wildman–Crippen LogP) is 3.72. The fourth-order valence-corrected chi connectivity index (χ4v) is 1.97.